The van der Waals surface area contributed by atoms with Gasteiger partial charge in [-0.2, -0.15) is 0 Å². The van der Waals surface area contributed by atoms with E-state index in [0.717, 1.165) is 65.3 Å². The van der Waals surface area contributed by atoms with Crippen LogP contribution in [0.25, 0.3) is 11.3 Å². The number of rotatable bonds is 5. The molecule has 0 atom stereocenters. The minimum absolute atomic E-state index is 0.0778. The van der Waals surface area contributed by atoms with Gasteiger partial charge in [0, 0.05) is 47.2 Å². The predicted octanol–water partition coefficient (Wildman–Crippen LogP) is 4.90. The highest BCUT2D eigenvalue weighted by Gasteiger charge is 2.18. The van der Waals surface area contributed by atoms with Crippen LogP contribution >= 0.6 is 11.3 Å². The molecule has 0 bridgehead atoms. The Balaban J connectivity index is 1.46. The number of carbonyl (C=O) groups is 1. The molecule has 4 rings (SSSR count). The summed E-state index contributed by atoms with van der Waals surface area (Å²) in [6.07, 6.45) is 0. The molecule has 1 N–H and O–H groups in total. The molecule has 1 saturated heterocycles. The summed E-state index contributed by atoms with van der Waals surface area (Å²) in [5, 5.41) is 6.14. The summed E-state index contributed by atoms with van der Waals surface area (Å²) in [6.45, 7) is 11.6. The average molecular weight is 425 g/mol. The van der Waals surface area contributed by atoms with Crippen LogP contribution in [0, 0.1) is 13.8 Å². The molecule has 30 heavy (non-hydrogen) atoms. The molecule has 0 unspecified atom stereocenters. The normalized spacial score (nSPS) is 14.4. The van der Waals surface area contributed by atoms with Crippen LogP contribution in [0.15, 0.2) is 35.7 Å². The van der Waals surface area contributed by atoms with Crippen molar-refractivity contribution in [3.63, 3.8) is 0 Å². The molecule has 1 fully saturated rings. The second-order valence-corrected chi connectivity index (χ2v) is 8.73. The second kappa shape index (κ2) is 8.62. The Morgan fingerprint density at radius 3 is 2.50 bits per heavy atom. The van der Waals surface area contributed by atoms with Gasteiger partial charge in [-0.25, -0.2) is 4.98 Å². The second-order valence-electron chi connectivity index (χ2n) is 7.89. The van der Waals surface area contributed by atoms with Crippen molar-refractivity contribution < 1.29 is 9.53 Å². The zero-order chi connectivity index (χ0) is 21.3. The minimum atomic E-state index is -0.0778. The quantitative estimate of drug-likeness (QED) is 0.633. The molecule has 1 amide bonds. The minimum Gasteiger partial charge on any atom is -0.378 e. The smallest absolute Gasteiger partial charge is 0.257 e. The first-order valence-corrected chi connectivity index (χ1v) is 11.2. The lowest BCUT2D eigenvalue weighted by Crippen LogP contribution is -2.36. The Morgan fingerprint density at radius 2 is 1.87 bits per heavy atom. The van der Waals surface area contributed by atoms with Gasteiger partial charge in [0.25, 0.3) is 5.91 Å². The van der Waals surface area contributed by atoms with Crippen molar-refractivity contribution >= 4 is 28.1 Å². The van der Waals surface area contributed by atoms with Crippen LogP contribution in [0.1, 0.15) is 41.6 Å². The Labute approximate surface area is 181 Å². The number of nitrogens with zero attached hydrogens (tertiary/aromatic N) is 3. The van der Waals surface area contributed by atoms with E-state index < -0.39 is 0 Å². The summed E-state index contributed by atoms with van der Waals surface area (Å²) in [6, 6.07) is 10.2. The molecule has 6 nitrogen and oxygen atoms in total. The summed E-state index contributed by atoms with van der Waals surface area (Å²) >= 11 is 1.66. The third-order valence-electron chi connectivity index (χ3n) is 5.46. The number of amides is 1. The SMILES string of the molecule is Cc1cc(C(=O)Nc2ccc(-c3csc(N4CCOCC4)n3)cc2)c(C)n1C(C)C. The zero-order valence-electron chi connectivity index (χ0n) is 17.9. The number of morpholine rings is 1. The van der Waals surface area contributed by atoms with E-state index in [4.69, 9.17) is 9.72 Å². The Kier molecular flexibility index (Phi) is 5.92. The Morgan fingerprint density at radius 1 is 1.17 bits per heavy atom. The fourth-order valence-electron chi connectivity index (χ4n) is 4.02. The van der Waals surface area contributed by atoms with Crippen molar-refractivity contribution in [3.8, 4) is 11.3 Å². The molecule has 1 aliphatic heterocycles. The van der Waals surface area contributed by atoms with E-state index in [2.05, 4.69) is 34.0 Å². The highest BCUT2D eigenvalue weighted by Crippen LogP contribution is 2.29. The van der Waals surface area contributed by atoms with Gasteiger partial charge >= 0.3 is 0 Å². The zero-order valence-corrected chi connectivity index (χ0v) is 18.8. The molecule has 0 saturated carbocycles. The largest absolute Gasteiger partial charge is 0.378 e. The maximum atomic E-state index is 12.8. The molecular formula is C23H28N4O2S. The maximum absolute atomic E-state index is 12.8. The van der Waals surface area contributed by atoms with Crippen molar-refractivity contribution in [2.75, 3.05) is 36.5 Å². The van der Waals surface area contributed by atoms with Gasteiger partial charge in [-0.3, -0.25) is 4.79 Å². The van der Waals surface area contributed by atoms with E-state index in [1.54, 1.807) is 11.3 Å². The number of hydrogen-bond acceptors (Lipinski definition) is 5. The summed E-state index contributed by atoms with van der Waals surface area (Å²) in [4.78, 5) is 19.9. The molecule has 2 aromatic heterocycles. The van der Waals surface area contributed by atoms with E-state index >= 15 is 0 Å². The van der Waals surface area contributed by atoms with Gasteiger partial charge < -0.3 is 19.5 Å². The topological polar surface area (TPSA) is 59.4 Å². The number of hydrogen-bond donors (Lipinski definition) is 1. The molecule has 1 aliphatic rings. The van der Waals surface area contributed by atoms with E-state index in [0.29, 0.717) is 6.04 Å². The van der Waals surface area contributed by atoms with Gasteiger partial charge in [-0.1, -0.05) is 12.1 Å². The Bertz CT molecular complexity index is 1030. The van der Waals surface area contributed by atoms with Crippen LogP contribution in [-0.4, -0.2) is 41.8 Å². The van der Waals surface area contributed by atoms with Crippen LogP contribution in [0.2, 0.25) is 0 Å². The number of anilines is 2. The van der Waals surface area contributed by atoms with Gasteiger partial charge in [-0.05, 0) is 45.9 Å². The van der Waals surface area contributed by atoms with E-state index in [1.165, 1.54) is 0 Å². The molecule has 3 aromatic rings. The number of aromatic nitrogens is 2. The van der Waals surface area contributed by atoms with Crippen LogP contribution in [0.4, 0.5) is 10.8 Å². The van der Waals surface area contributed by atoms with Crippen molar-refractivity contribution in [3.05, 3.63) is 52.7 Å². The third kappa shape index (κ3) is 4.13. The van der Waals surface area contributed by atoms with Crippen molar-refractivity contribution in [2.24, 2.45) is 0 Å². The summed E-state index contributed by atoms with van der Waals surface area (Å²) < 4.78 is 7.60. The van der Waals surface area contributed by atoms with Crippen LogP contribution in [-0.2, 0) is 4.74 Å². The van der Waals surface area contributed by atoms with Gasteiger partial charge in [-0.15, -0.1) is 11.3 Å². The summed E-state index contributed by atoms with van der Waals surface area (Å²) in [5.74, 6) is -0.0778. The number of carbonyl (C=O) groups excluding carboxylic acids is 1. The highest BCUT2D eigenvalue weighted by molar-refractivity contribution is 7.14. The van der Waals surface area contributed by atoms with E-state index in [9.17, 15) is 4.79 Å². The predicted molar refractivity (Wildman–Crippen MR) is 123 cm³/mol. The lowest BCUT2D eigenvalue weighted by atomic mass is 10.1. The van der Waals surface area contributed by atoms with E-state index in [-0.39, 0.29) is 5.91 Å². The highest BCUT2D eigenvalue weighted by atomic mass is 32.1. The number of benzene rings is 1. The first-order chi connectivity index (χ1) is 14.4. The van der Waals surface area contributed by atoms with Gasteiger partial charge in [0.2, 0.25) is 0 Å². The number of aryl methyl sites for hydroxylation is 1. The summed E-state index contributed by atoms with van der Waals surface area (Å²) in [7, 11) is 0. The molecule has 0 aliphatic carbocycles. The molecule has 0 spiro atoms. The van der Waals surface area contributed by atoms with Gasteiger partial charge in [0.1, 0.15) is 0 Å². The third-order valence-corrected chi connectivity index (χ3v) is 6.36. The lowest BCUT2D eigenvalue weighted by molar-refractivity contribution is 0.102. The maximum Gasteiger partial charge on any atom is 0.257 e. The van der Waals surface area contributed by atoms with Crippen molar-refractivity contribution in [1.82, 2.24) is 9.55 Å². The Hall–Kier alpha value is -2.64. The molecule has 3 heterocycles. The van der Waals surface area contributed by atoms with Crippen LogP contribution in [0.3, 0.4) is 0 Å². The van der Waals surface area contributed by atoms with Gasteiger partial charge in [0.05, 0.1) is 24.5 Å². The number of ether oxygens (including phenoxy) is 1. The first kappa shape index (κ1) is 20.6. The number of thiazole rings is 1. The van der Waals surface area contributed by atoms with Crippen molar-refractivity contribution in [2.45, 2.75) is 33.7 Å². The fraction of sp³-hybridized carbons (Fsp3) is 0.391. The summed E-state index contributed by atoms with van der Waals surface area (Å²) in [5.41, 5.74) is 5.60. The average Bonchev–Trinajstić information content (AvgIpc) is 3.34. The molecule has 158 valence electrons. The van der Waals surface area contributed by atoms with Gasteiger partial charge in [0.15, 0.2) is 5.13 Å². The monoisotopic (exact) mass is 424 g/mol. The number of nitrogens with one attached hydrogen (secondary N) is 1. The molecular weight excluding hydrogens is 396 g/mol. The molecule has 1 aromatic carbocycles. The van der Waals surface area contributed by atoms with Crippen LogP contribution < -0.4 is 10.2 Å². The van der Waals surface area contributed by atoms with Crippen LogP contribution in [0.5, 0.6) is 0 Å². The van der Waals surface area contributed by atoms with E-state index in [1.807, 2.05) is 44.2 Å². The van der Waals surface area contributed by atoms with Crippen molar-refractivity contribution in [1.29, 1.82) is 0 Å². The standard InChI is InChI=1S/C23H28N4O2S/c1-15(2)27-16(3)13-20(17(27)4)22(28)24-19-7-5-18(6-8-19)21-14-30-23(25-21)26-9-11-29-12-10-26/h5-8,13-15H,9-12H2,1-4H3,(H,24,28). The first-order valence-electron chi connectivity index (χ1n) is 10.3. The lowest BCUT2D eigenvalue weighted by Gasteiger charge is -2.26. The molecule has 0 radical (unpaired) electrons. The fourth-order valence-corrected chi connectivity index (χ4v) is 4.91. The molecule has 7 heteroatoms.